The number of alkyl halides is 1. The number of carboxylic acid groups (broad SMARTS) is 1. The number of rotatable bonds is 10. The average Bonchev–Trinajstić information content (AvgIpc) is 2.35. The van der Waals surface area contributed by atoms with Gasteiger partial charge in [0.1, 0.15) is 0 Å². The molecule has 0 aromatic carbocycles. The van der Waals surface area contributed by atoms with Crippen LogP contribution in [0.5, 0.6) is 0 Å². The molecule has 0 aromatic rings. The maximum atomic E-state index is 11.6. The highest BCUT2D eigenvalue weighted by Gasteiger charge is 2.29. The molecule has 1 N–H and O–H groups in total. The predicted octanol–water partition coefficient (Wildman–Crippen LogP) is 3.48. The van der Waals surface area contributed by atoms with Crippen LogP contribution < -0.4 is 0 Å². The van der Waals surface area contributed by atoms with Crippen LogP contribution in [0.4, 0.5) is 0 Å². The van der Waals surface area contributed by atoms with E-state index in [-0.39, 0.29) is 17.8 Å². The van der Waals surface area contributed by atoms with Gasteiger partial charge in [-0.05, 0) is 32.1 Å². The van der Waals surface area contributed by atoms with Gasteiger partial charge >= 0.3 is 11.9 Å². The van der Waals surface area contributed by atoms with Crippen molar-refractivity contribution >= 4 is 27.9 Å². The number of unbranched alkanes of at least 4 members (excludes halogenated alkanes) is 1. The van der Waals surface area contributed by atoms with Gasteiger partial charge < -0.3 is 9.84 Å². The maximum absolute atomic E-state index is 11.6. The van der Waals surface area contributed by atoms with Gasteiger partial charge in [0.25, 0.3) is 0 Å². The minimum absolute atomic E-state index is 0.0772. The quantitative estimate of drug-likeness (QED) is 0.377. The first-order valence-corrected chi connectivity index (χ1v) is 8.01. The first-order valence-electron chi connectivity index (χ1n) is 6.89. The summed E-state index contributed by atoms with van der Waals surface area (Å²) in [6, 6.07) is 0. The third kappa shape index (κ3) is 7.55. The molecule has 3 atom stereocenters. The molecule has 0 saturated heterocycles. The van der Waals surface area contributed by atoms with Crippen LogP contribution in [0.15, 0.2) is 0 Å². The molecule has 0 rings (SSSR count). The summed E-state index contributed by atoms with van der Waals surface area (Å²) in [5.41, 5.74) is 0. The van der Waals surface area contributed by atoms with E-state index < -0.39 is 11.9 Å². The second-order valence-electron chi connectivity index (χ2n) is 5.00. The number of carbonyl (C=O) groups is 2. The molecule has 0 amide bonds. The topological polar surface area (TPSA) is 63.6 Å². The Kier molecular flexibility index (Phi) is 9.92. The highest BCUT2D eigenvalue weighted by atomic mass is 79.9. The number of carboxylic acids is 1. The summed E-state index contributed by atoms with van der Waals surface area (Å²) in [4.78, 5) is 22.9. The molecule has 0 heterocycles. The van der Waals surface area contributed by atoms with Crippen molar-refractivity contribution in [3.63, 3.8) is 0 Å². The van der Waals surface area contributed by atoms with Crippen molar-refractivity contribution in [1.29, 1.82) is 0 Å². The molecule has 0 radical (unpaired) electrons. The Labute approximate surface area is 124 Å². The fourth-order valence-corrected chi connectivity index (χ4v) is 2.50. The van der Waals surface area contributed by atoms with E-state index in [9.17, 15) is 14.7 Å². The Balaban J connectivity index is 4.39. The van der Waals surface area contributed by atoms with E-state index in [1.54, 1.807) is 13.8 Å². The Morgan fingerprint density at radius 3 is 2.37 bits per heavy atom. The van der Waals surface area contributed by atoms with Gasteiger partial charge in [-0.25, -0.2) is 0 Å². The largest absolute Gasteiger partial charge is 0.481 e. The first-order chi connectivity index (χ1) is 8.93. The Bertz CT molecular complexity index is 281. The molecule has 0 saturated carbocycles. The van der Waals surface area contributed by atoms with Crippen LogP contribution in [-0.2, 0) is 14.3 Å². The fraction of sp³-hybridized carbons (Fsp3) is 0.857. The van der Waals surface area contributed by atoms with E-state index in [4.69, 9.17) is 4.74 Å². The van der Waals surface area contributed by atoms with Crippen molar-refractivity contribution in [3.8, 4) is 0 Å². The molecule has 0 bridgehead atoms. The van der Waals surface area contributed by atoms with Crippen LogP contribution >= 0.6 is 15.9 Å². The molecule has 0 aromatic heterocycles. The van der Waals surface area contributed by atoms with Gasteiger partial charge in [-0.2, -0.15) is 0 Å². The highest BCUT2D eigenvalue weighted by Crippen LogP contribution is 2.26. The van der Waals surface area contributed by atoms with E-state index in [2.05, 4.69) is 15.9 Å². The second kappa shape index (κ2) is 10.2. The molecule has 0 aliphatic heterocycles. The van der Waals surface area contributed by atoms with Crippen LogP contribution in [0, 0.1) is 17.8 Å². The summed E-state index contributed by atoms with van der Waals surface area (Å²) < 4.78 is 4.92. The van der Waals surface area contributed by atoms with Crippen LogP contribution in [-0.4, -0.2) is 29.0 Å². The lowest BCUT2D eigenvalue weighted by molar-refractivity contribution is -0.150. The predicted molar refractivity (Wildman–Crippen MR) is 78.3 cm³/mol. The van der Waals surface area contributed by atoms with Gasteiger partial charge in [-0.3, -0.25) is 9.59 Å². The molecule has 0 aliphatic rings. The Hall–Kier alpha value is -0.580. The highest BCUT2D eigenvalue weighted by molar-refractivity contribution is 9.09. The minimum Gasteiger partial charge on any atom is -0.481 e. The molecule has 0 spiro atoms. The number of hydrogen-bond donors (Lipinski definition) is 1. The minimum atomic E-state index is -0.817. The third-order valence-electron chi connectivity index (χ3n) is 3.34. The Morgan fingerprint density at radius 1 is 1.26 bits per heavy atom. The zero-order chi connectivity index (χ0) is 14.8. The van der Waals surface area contributed by atoms with Gasteiger partial charge in [0.2, 0.25) is 0 Å². The lowest BCUT2D eigenvalue weighted by Crippen LogP contribution is -2.27. The van der Waals surface area contributed by atoms with Crippen molar-refractivity contribution in [1.82, 2.24) is 0 Å². The zero-order valence-electron chi connectivity index (χ0n) is 12.0. The molecule has 4 nitrogen and oxygen atoms in total. The van der Waals surface area contributed by atoms with Crippen LogP contribution in [0.2, 0.25) is 0 Å². The molecule has 5 heteroatoms. The van der Waals surface area contributed by atoms with Crippen molar-refractivity contribution in [2.24, 2.45) is 17.8 Å². The number of esters is 1. The summed E-state index contributed by atoms with van der Waals surface area (Å²) >= 11 is 3.36. The van der Waals surface area contributed by atoms with Crippen molar-refractivity contribution in [2.75, 3.05) is 11.9 Å². The number of halogens is 1. The number of carbonyl (C=O) groups excluding carboxylic acids is 1. The Morgan fingerprint density at radius 2 is 1.89 bits per heavy atom. The molecule has 0 fully saturated rings. The standard InChI is InChI=1S/C14H25BrO4/c1-4-19-14(18)11(3)9-12(13(16)17)10(2)7-5-6-8-15/h10-12H,4-9H2,1-3H3,(H,16,17). The van der Waals surface area contributed by atoms with Crippen LogP contribution in [0.3, 0.4) is 0 Å². The zero-order valence-corrected chi connectivity index (χ0v) is 13.6. The molecule has 112 valence electrons. The van der Waals surface area contributed by atoms with Crippen molar-refractivity contribution < 1.29 is 19.4 Å². The molecular weight excluding hydrogens is 312 g/mol. The summed E-state index contributed by atoms with van der Waals surface area (Å²) in [6.45, 7) is 5.77. The summed E-state index contributed by atoms with van der Waals surface area (Å²) in [5.74, 6) is -1.88. The van der Waals surface area contributed by atoms with Crippen molar-refractivity contribution in [2.45, 2.75) is 46.5 Å². The van der Waals surface area contributed by atoms with Gasteiger partial charge in [0.05, 0.1) is 18.4 Å². The van der Waals surface area contributed by atoms with Crippen LogP contribution in [0.25, 0.3) is 0 Å². The summed E-state index contributed by atoms with van der Waals surface area (Å²) in [5, 5.41) is 10.2. The lowest BCUT2D eigenvalue weighted by atomic mass is 9.83. The molecule has 3 unspecified atom stereocenters. The fourth-order valence-electron chi connectivity index (χ4n) is 2.10. The first kappa shape index (κ1) is 18.4. The van der Waals surface area contributed by atoms with E-state index in [1.165, 1.54) is 0 Å². The van der Waals surface area contributed by atoms with Crippen molar-refractivity contribution in [3.05, 3.63) is 0 Å². The van der Waals surface area contributed by atoms with E-state index in [0.29, 0.717) is 13.0 Å². The van der Waals surface area contributed by atoms with Gasteiger partial charge in [-0.1, -0.05) is 36.2 Å². The van der Waals surface area contributed by atoms with E-state index in [1.807, 2.05) is 6.92 Å². The molecule has 0 aliphatic carbocycles. The summed E-state index contributed by atoms with van der Waals surface area (Å²) in [6.07, 6.45) is 3.27. The normalized spacial score (nSPS) is 15.6. The van der Waals surface area contributed by atoms with Crippen LogP contribution in [0.1, 0.15) is 46.5 Å². The second-order valence-corrected chi connectivity index (χ2v) is 5.79. The number of aliphatic carboxylic acids is 1. The van der Waals surface area contributed by atoms with E-state index >= 15 is 0 Å². The maximum Gasteiger partial charge on any atom is 0.308 e. The molecular formula is C14H25BrO4. The number of hydrogen-bond acceptors (Lipinski definition) is 3. The van der Waals surface area contributed by atoms with Gasteiger partial charge in [0.15, 0.2) is 0 Å². The average molecular weight is 337 g/mol. The lowest BCUT2D eigenvalue weighted by Gasteiger charge is -2.22. The smallest absolute Gasteiger partial charge is 0.308 e. The summed E-state index contributed by atoms with van der Waals surface area (Å²) in [7, 11) is 0. The molecule has 19 heavy (non-hydrogen) atoms. The SMILES string of the molecule is CCOC(=O)C(C)CC(C(=O)O)C(C)CCCCBr. The third-order valence-corrected chi connectivity index (χ3v) is 3.90. The monoisotopic (exact) mass is 336 g/mol. The van der Waals surface area contributed by atoms with Gasteiger partial charge in [0, 0.05) is 5.33 Å². The number of ether oxygens (including phenoxy) is 1. The van der Waals surface area contributed by atoms with Gasteiger partial charge in [-0.15, -0.1) is 0 Å². The van der Waals surface area contributed by atoms with E-state index in [0.717, 1.165) is 24.6 Å².